The largest absolute Gasteiger partial charge is 0.477 e. The van der Waals surface area contributed by atoms with Crippen LogP contribution in [-0.4, -0.2) is 25.6 Å². The van der Waals surface area contributed by atoms with E-state index in [0.717, 1.165) is 0 Å². The number of hydrogen-bond acceptors (Lipinski definition) is 4. The maximum Gasteiger partial charge on any atom is 0.354 e. The van der Waals surface area contributed by atoms with E-state index < -0.39 is 10.9 Å². The SMILES string of the molecule is Cc1ncc(C(=O)O)n1Cc1ccc([N+](=O)[O-])cc1Cl. The van der Waals surface area contributed by atoms with Crippen LogP contribution in [0.1, 0.15) is 21.9 Å². The van der Waals surface area contributed by atoms with Crippen molar-refractivity contribution in [3.05, 3.63) is 56.6 Å². The maximum absolute atomic E-state index is 11.1. The van der Waals surface area contributed by atoms with Crippen LogP contribution in [0.2, 0.25) is 5.02 Å². The Labute approximate surface area is 118 Å². The fraction of sp³-hybridized carbons (Fsp3) is 0.167. The van der Waals surface area contributed by atoms with Gasteiger partial charge in [0, 0.05) is 12.1 Å². The number of aromatic nitrogens is 2. The number of imidazole rings is 1. The second kappa shape index (κ2) is 5.30. The second-order valence-electron chi connectivity index (χ2n) is 4.11. The third-order valence-electron chi connectivity index (χ3n) is 2.85. The van der Waals surface area contributed by atoms with Gasteiger partial charge in [-0.2, -0.15) is 0 Å². The highest BCUT2D eigenvalue weighted by molar-refractivity contribution is 6.31. The van der Waals surface area contributed by atoms with E-state index in [9.17, 15) is 14.9 Å². The van der Waals surface area contributed by atoms with Crippen molar-refractivity contribution in [2.24, 2.45) is 0 Å². The fourth-order valence-corrected chi connectivity index (χ4v) is 2.02. The first kappa shape index (κ1) is 14.0. The zero-order valence-corrected chi connectivity index (χ0v) is 11.2. The van der Waals surface area contributed by atoms with E-state index >= 15 is 0 Å². The molecule has 0 aliphatic rings. The summed E-state index contributed by atoms with van der Waals surface area (Å²) in [7, 11) is 0. The number of nitrogens with zero attached hydrogens (tertiary/aromatic N) is 3. The number of nitro benzene ring substituents is 1. The van der Waals surface area contributed by atoms with Crippen molar-refractivity contribution in [1.82, 2.24) is 9.55 Å². The van der Waals surface area contributed by atoms with Gasteiger partial charge in [-0.25, -0.2) is 9.78 Å². The van der Waals surface area contributed by atoms with E-state index in [2.05, 4.69) is 4.98 Å². The molecule has 1 N–H and O–H groups in total. The maximum atomic E-state index is 11.1. The molecule has 0 aliphatic carbocycles. The highest BCUT2D eigenvalue weighted by Gasteiger charge is 2.16. The summed E-state index contributed by atoms with van der Waals surface area (Å²) in [6, 6.07) is 4.07. The number of carbonyl (C=O) groups is 1. The van der Waals surface area contributed by atoms with Gasteiger partial charge in [-0.15, -0.1) is 0 Å². The number of aryl methyl sites for hydroxylation is 1. The third kappa shape index (κ3) is 2.62. The molecular weight excluding hydrogens is 286 g/mol. The van der Waals surface area contributed by atoms with E-state index in [-0.39, 0.29) is 22.9 Å². The van der Waals surface area contributed by atoms with Gasteiger partial charge in [-0.1, -0.05) is 11.6 Å². The van der Waals surface area contributed by atoms with Crippen LogP contribution in [0, 0.1) is 17.0 Å². The monoisotopic (exact) mass is 295 g/mol. The van der Waals surface area contributed by atoms with Crippen LogP contribution in [0.5, 0.6) is 0 Å². The summed E-state index contributed by atoms with van der Waals surface area (Å²) >= 11 is 5.99. The molecule has 0 saturated heterocycles. The first-order valence-corrected chi connectivity index (χ1v) is 5.96. The van der Waals surface area contributed by atoms with Crippen LogP contribution < -0.4 is 0 Å². The van der Waals surface area contributed by atoms with E-state index in [1.807, 2.05) is 0 Å². The molecule has 0 fully saturated rings. The molecule has 0 radical (unpaired) electrons. The molecule has 0 amide bonds. The summed E-state index contributed by atoms with van der Waals surface area (Å²) < 4.78 is 1.48. The van der Waals surface area contributed by atoms with Gasteiger partial charge < -0.3 is 9.67 Å². The highest BCUT2D eigenvalue weighted by Crippen LogP contribution is 2.24. The Morgan fingerprint density at radius 1 is 1.55 bits per heavy atom. The number of hydrogen-bond donors (Lipinski definition) is 1. The van der Waals surface area contributed by atoms with Crippen LogP contribution in [0.3, 0.4) is 0 Å². The minimum Gasteiger partial charge on any atom is -0.477 e. The van der Waals surface area contributed by atoms with Crippen LogP contribution in [0.25, 0.3) is 0 Å². The molecule has 1 heterocycles. The first-order valence-electron chi connectivity index (χ1n) is 5.58. The lowest BCUT2D eigenvalue weighted by Gasteiger charge is -2.09. The number of benzene rings is 1. The molecule has 0 saturated carbocycles. The molecule has 20 heavy (non-hydrogen) atoms. The van der Waals surface area contributed by atoms with Crippen LogP contribution in [0.15, 0.2) is 24.4 Å². The van der Waals surface area contributed by atoms with Crippen molar-refractivity contribution in [2.45, 2.75) is 13.5 Å². The molecule has 7 nitrogen and oxygen atoms in total. The minimum atomic E-state index is -1.09. The van der Waals surface area contributed by atoms with Crippen molar-refractivity contribution in [1.29, 1.82) is 0 Å². The number of halogens is 1. The van der Waals surface area contributed by atoms with Crippen molar-refractivity contribution < 1.29 is 14.8 Å². The summed E-state index contributed by atoms with van der Waals surface area (Å²) in [5.74, 6) is -0.569. The van der Waals surface area contributed by atoms with Gasteiger partial charge in [0.1, 0.15) is 11.5 Å². The molecule has 2 rings (SSSR count). The molecule has 0 atom stereocenters. The van der Waals surface area contributed by atoms with Gasteiger partial charge in [0.05, 0.1) is 22.7 Å². The molecule has 0 aliphatic heterocycles. The van der Waals surface area contributed by atoms with Crippen LogP contribution in [-0.2, 0) is 6.54 Å². The smallest absolute Gasteiger partial charge is 0.354 e. The van der Waals surface area contributed by atoms with Gasteiger partial charge in [0.2, 0.25) is 0 Å². The summed E-state index contributed by atoms with van der Waals surface area (Å²) in [4.78, 5) is 25.1. The summed E-state index contributed by atoms with van der Waals surface area (Å²) in [6.07, 6.45) is 1.26. The van der Waals surface area contributed by atoms with Crippen molar-refractivity contribution >= 4 is 23.3 Å². The van der Waals surface area contributed by atoms with Crippen LogP contribution >= 0.6 is 11.6 Å². The van der Waals surface area contributed by atoms with Gasteiger partial charge in [-0.3, -0.25) is 10.1 Å². The Morgan fingerprint density at radius 3 is 2.80 bits per heavy atom. The lowest BCUT2D eigenvalue weighted by molar-refractivity contribution is -0.384. The quantitative estimate of drug-likeness (QED) is 0.690. The van der Waals surface area contributed by atoms with Crippen molar-refractivity contribution in [3.63, 3.8) is 0 Å². The average Bonchev–Trinajstić information content (AvgIpc) is 2.73. The Hall–Kier alpha value is -2.41. The minimum absolute atomic E-state index is 0.0388. The summed E-state index contributed by atoms with van der Waals surface area (Å²) in [5, 5.41) is 19.9. The molecule has 2 aromatic rings. The molecule has 1 aromatic heterocycles. The fourth-order valence-electron chi connectivity index (χ4n) is 1.79. The number of rotatable bonds is 4. The van der Waals surface area contributed by atoms with E-state index in [1.165, 1.54) is 29.0 Å². The zero-order chi connectivity index (χ0) is 14.9. The standard InChI is InChI=1S/C12H10ClN3O4/c1-7-14-5-11(12(17)18)15(7)6-8-2-3-9(16(19)20)4-10(8)13/h2-5H,6H2,1H3,(H,17,18). The number of carboxylic acid groups (broad SMARTS) is 1. The molecule has 8 heteroatoms. The predicted molar refractivity (Wildman–Crippen MR) is 71.1 cm³/mol. The Balaban J connectivity index is 2.38. The van der Waals surface area contributed by atoms with Gasteiger partial charge >= 0.3 is 5.97 Å². The Kier molecular flexibility index (Phi) is 3.71. The Bertz CT molecular complexity index is 696. The first-order chi connectivity index (χ1) is 9.40. The average molecular weight is 296 g/mol. The van der Waals surface area contributed by atoms with Crippen molar-refractivity contribution in [3.8, 4) is 0 Å². The van der Waals surface area contributed by atoms with E-state index in [4.69, 9.17) is 16.7 Å². The Morgan fingerprint density at radius 2 is 2.25 bits per heavy atom. The summed E-state index contributed by atoms with van der Waals surface area (Å²) in [5.41, 5.74) is 0.511. The van der Waals surface area contributed by atoms with Gasteiger partial charge in [-0.05, 0) is 18.6 Å². The van der Waals surface area contributed by atoms with E-state index in [0.29, 0.717) is 11.4 Å². The molecule has 0 unspecified atom stereocenters. The highest BCUT2D eigenvalue weighted by atomic mass is 35.5. The zero-order valence-electron chi connectivity index (χ0n) is 10.4. The predicted octanol–water partition coefficient (Wildman–Crippen LogP) is 2.50. The number of aromatic carboxylic acids is 1. The lowest BCUT2D eigenvalue weighted by Crippen LogP contribution is -2.11. The lowest BCUT2D eigenvalue weighted by atomic mass is 10.2. The summed E-state index contributed by atoms with van der Waals surface area (Å²) in [6.45, 7) is 1.86. The normalized spacial score (nSPS) is 10.5. The number of carboxylic acids is 1. The van der Waals surface area contributed by atoms with Crippen molar-refractivity contribution in [2.75, 3.05) is 0 Å². The molecule has 0 spiro atoms. The third-order valence-corrected chi connectivity index (χ3v) is 3.20. The number of non-ortho nitro benzene ring substituents is 1. The molecule has 0 bridgehead atoms. The van der Waals surface area contributed by atoms with E-state index in [1.54, 1.807) is 6.92 Å². The van der Waals surface area contributed by atoms with Crippen LogP contribution in [0.4, 0.5) is 5.69 Å². The molecular formula is C12H10ClN3O4. The second-order valence-corrected chi connectivity index (χ2v) is 4.52. The molecule has 104 valence electrons. The van der Waals surface area contributed by atoms with Gasteiger partial charge in [0.25, 0.3) is 5.69 Å². The number of nitro groups is 1. The van der Waals surface area contributed by atoms with Gasteiger partial charge in [0.15, 0.2) is 0 Å². The topological polar surface area (TPSA) is 98.3 Å². The molecule has 1 aromatic carbocycles.